The highest BCUT2D eigenvalue weighted by atomic mass is 32.2. The Hall–Kier alpha value is -2.34. The number of hydrogen-bond acceptors (Lipinski definition) is 3. The second-order valence-electron chi connectivity index (χ2n) is 7.10. The molecule has 5 nitrogen and oxygen atoms in total. The maximum Gasteiger partial charge on any atom is 0.190 e. The Bertz CT molecular complexity index is 858. The molecular weight excluding hydrogens is 370 g/mol. The highest BCUT2D eigenvalue weighted by Gasteiger charge is 2.11. The topological polar surface area (TPSA) is 70.6 Å². The molecular formula is C22H31N3O2S. The number of aryl methyl sites for hydroxylation is 2. The molecule has 0 aromatic heterocycles. The molecule has 0 amide bonds. The third-order valence-electron chi connectivity index (χ3n) is 4.37. The predicted molar refractivity (Wildman–Crippen MR) is 118 cm³/mol. The van der Waals surface area contributed by atoms with E-state index in [0.29, 0.717) is 18.9 Å². The van der Waals surface area contributed by atoms with Crippen LogP contribution in [0.15, 0.2) is 53.5 Å². The van der Waals surface area contributed by atoms with Crippen molar-refractivity contribution in [3.63, 3.8) is 0 Å². The maximum absolute atomic E-state index is 12.2. The average molecular weight is 402 g/mol. The quantitative estimate of drug-likeness (QED) is 0.385. The van der Waals surface area contributed by atoms with Gasteiger partial charge in [0.15, 0.2) is 15.8 Å². The van der Waals surface area contributed by atoms with Crippen molar-refractivity contribution in [3.8, 4) is 0 Å². The van der Waals surface area contributed by atoms with Gasteiger partial charge >= 0.3 is 0 Å². The van der Waals surface area contributed by atoms with E-state index in [4.69, 9.17) is 0 Å². The van der Waals surface area contributed by atoms with E-state index in [-0.39, 0.29) is 11.5 Å². The molecule has 0 aliphatic carbocycles. The number of guanidine groups is 1. The molecule has 0 aliphatic rings. The summed E-state index contributed by atoms with van der Waals surface area (Å²) < 4.78 is 24.4. The SMILES string of the molecule is CN=C(NCCCS(=O)(=O)Cc1ccccc1)NCCc1cc(C)cc(C)c1. The van der Waals surface area contributed by atoms with Crippen molar-refractivity contribution in [2.75, 3.05) is 25.9 Å². The third-order valence-corrected chi connectivity index (χ3v) is 6.05. The molecule has 0 unspecified atom stereocenters. The van der Waals surface area contributed by atoms with Crippen molar-refractivity contribution in [3.05, 3.63) is 70.8 Å². The van der Waals surface area contributed by atoms with Crippen LogP contribution >= 0.6 is 0 Å². The van der Waals surface area contributed by atoms with Crippen molar-refractivity contribution < 1.29 is 8.42 Å². The number of aliphatic imine (C=N–C) groups is 1. The Kier molecular flexibility index (Phi) is 8.51. The minimum absolute atomic E-state index is 0.0940. The monoisotopic (exact) mass is 401 g/mol. The summed E-state index contributed by atoms with van der Waals surface area (Å²) in [5.74, 6) is 0.954. The number of nitrogens with zero attached hydrogens (tertiary/aromatic N) is 1. The molecule has 0 aliphatic heterocycles. The molecule has 152 valence electrons. The molecule has 0 bridgehead atoms. The fraction of sp³-hybridized carbons (Fsp3) is 0.409. The summed E-state index contributed by atoms with van der Waals surface area (Å²) in [6.07, 6.45) is 1.46. The lowest BCUT2D eigenvalue weighted by molar-refractivity contribution is 0.591. The van der Waals surface area contributed by atoms with E-state index in [1.807, 2.05) is 30.3 Å². The third kappa shape index (κ3) is 8.13. The number of benzene rings is 2. The summed E-state index contributed by atoms with van der Waals surface area (Å²) >= 11 is 0. The summed E-state index contributed by atoms with van der Waals surface area (Å²) in [6.45, 7) is 5.55. The first kappa shape index (κ1) is 22.0. The summed E-state index contributed by atoms with van der Waals surface area (Å²) in [7, 11) is -1.38. The number of hydrogen-bond donors (Lipinski definition) is 2. The van der Waals surface area contributed by atoms with Crippen LogP contribution in [-0.4, -0.2) is 40.3 Å². The fourth-order valence-corrected chi connectivity index (χ4v) is 4.59. The molecule has 0 spiro atoms. The molecule has 0 fully saturated rings. The second kappa shape index (κ2) is 10.9. The standard InChI is InChI=1S/C22H31N3O2S/c1-18-14-19(2)16-21(15-18)10-12-25-22(23-3)24-11-7-13-28(26,27)17-20-8-5-4-6-9-20/h4-6,8-9,14-16H,7,10-13,17H2,1-3H3,(H2,23,24,25). The summed E-state index contributed by atoms with van der Waals surface area (Å²) in [6, 6.07) is 15.9. The van der Waals surface area contributed by atoms with Gasteiger partial charge in [0.2, 0.25) is 0 Å². The number of rotatable bonds is 9. The predicted octanol–water partition coefficient (Wildman–Crippen LogP) is 3.02. The van der Waals surface area contributed by atoms with Gasteiger partial charge in [-0.05, 0) is 37.8 Å². The van der Waals surface area contributed by atoms with E-state index in [9.17, 15) is 8.42 Å². The molecule has 28 heavy (non-hydrogen) atoms. The average Bonchev–Trinajstić information content (AvgIpc) is 2.63. The maximum atomic E-state index is 12.2. The molecule has 2 N–H and O–H groups in total. The Balaban J connectivity index is 1.69. The smallest absolute Gasteiger partial charge is 0.190 e. The van der Waals surface area contributed by atoms with E-state index in [1.54, 1.807) is 7.05 Å². The molecule has 2 aromatic rings. The normalized spacial score (nSPS) is 12.0. The van der Waals surface area contributed by atoms with E-state index in [2.05, 4.69) is 47.7 Å². The lowest BCUT2D eigenvalue weighted by atomic mass is 10.1. The first-order valence-electron chi connectivity index (χ1n) is 9.64. The van der Waals surface area contributed by atoms with Gasteiger partial charge in [-0.25, -0.2) is 8.42 Å². The van der Waals surface area contributed by atoms with Crippen LogP contribution in [-0.2, 0) is 22.0 Å². The van der Waals surface area contributed by atoms with Gasteiger partial charge in [0, 0.05) is 20.1 Å². The van der Waals surface area contributed by atoms with Crippen LogP contribution in [0.3, 0.4) is 0 Å². The van der Waals surface area contributed by atoms with Crippen LogP contribution in [0, 0.1) is 13.8 Å². The highest BCUT2D eigenvalue weighted by Crippen LogP contribution is 2.09. The summed E-state index contributed by atoms with van der Waals surface area (Å²) in [5, 5.41) is 6.47. The van der Waals surface area contributed by atoms with Gasteiger partial charge in [-0.15, -0.1) is 0 Å². The van der Waals surface area contributed by atoms with Crippen molar-refractivity contribution in [1.29, 1.82) is 0 Å². The van der Waals surface area contributed by atoms with Gasteiger partial charge in [0.25, 0.3) is 0 Å². The van der Waals surface area contributed by atoms with E-state index < -0.39 is 9.84 Å². The largest absolute Gasteiger partial charge is 0.356 e. The van der Waals surface area contributed by atoms with Gasteiger partial charge in [-0.3, -0.25) is 4.99 Å². The van der Waals surface area contributed by atoms with Crippen molar-refractivity contribution in [1.82, 2.24) is 10.6 Å². The van der Waals surface area contributed by atoms with Crippen molar-refractivity contribution >= 4 is 15.8 Å². The van der Waals surface area contributed by atoms with Gasteiger partial charge in [0.1, 0.15) is 0 Å². The van der Waals surface area contributed by atoms with E-state index in [0.717, 1.165) is 18.5 Å². The van der Waals surface area contributed by atoms with Crippen LogP contribution in [0.1, 0.15) is 28.7 Å². The Morgan fingerprint density at radius 1 is 0.929 bits per heavy atom. The lowest BCUT2D eigenvalue weighted by Crippen LogP contribution is -2.39. The highest BCUT2D eigenvalue weighted by molar-refractivity contribution is 7.90. The Morgan fingerprint density at radius 2 is 1.57 bits per heavy atom. The van der Waals surface area contributed by atoms with Gasteiger partial charge < -0.3 is 10.6 Å². The summed E-state index contributed by atoms with van der Waals surface area (Å²) in [4.78, 5) is 4.20. The van der Waals surface area contributed by atoms with Gasteiger partial charge in [0.05, 0.1) is 11.5 Å². The van der Waals surface area contributed by atoms with E-state index >= 15 is 0 Å². The number of sulfone groups is 1. The van der Waals surface area contributed by atoms with Crippen LogP contribution in [0.25, 0.3) is 0 Å². The van der Waals surface area contributed by atoms with Crippen LogP contribution in [0.4, 0.5) is 0 Å². The molecule has 2 aromatic carbocycles. The molecule has 0 saturated heterocycles. The lowest BCUT2D eigenvalue weighted by Gasteiger charge is -2.12. The van der Waals surface area contributed by atoms with Gasteiger partial charge in [-0.2, -0.15) is 0 Å². The molecule has 0 atom stereocenters. The molecule has 0 heterocycles. The zero-order valence-corrected chi connectivity index (χ0v) is 17.8. The van der Waals surface area contributed by atoms with E-state index in [1.165, 1.54) is 16.7 Å². The Labute approximate surface area is 169 Å². The Morgan fingerprint density at radius 3 is 2.21 bits per heavy atom. The number of nitrogens with one attached hydrogen (secondary N) is 2. The van der Waals surface area contributed by atoms with Crippen LogP contribution in [0.5, 0.6) is 0 Å². The first-order valence-corrected chi connectivity index (χ1v) is 11.5. The second-order valence-corrected chi connectivity index (χ2v) is 9.29. The molecule has 6 heteroatoms. The van der Waals surface area contributed by atoms with Crippen LogP contribution < -0.4 is 10.6 Å². The molecule has 0 saturated carbocycles. The molecule has 0 radical (unpaired) electrons. The minimum Gasteiger partial charge on any atom is -0.356 e. The zero-order valence-electron chi connectivity index (χ0n) is 17.0. The van der Waals surface area contributed by atoms with Crippen molar-refractivity contribution in [2.24, 2.45) is 4.99 Å². The zero-order chi connectivity index (χ0) is 20.4. The first-order chi connectivity index (χ1) is 13.4. The summed E-state index contributed by atoms with van der Waals surface area (Å²) in [5.41, 5.74) is 4.68. The molecule has 2 rings (SSSR count). The minimum atomic E-state index is -3.10. The fourth-order valence-electron chi connectivity index (χ4n) is 3.16. The van der Waals surface area contributed by atoms with Crippen molar-refractivity contribution in [2.45, 2.75) is 32.4 Å². The van der Waals surface area contributed by atoms with Gasteiger partial charge in [-0.1, -0.05) is 59.7 Å². The van der Waals surface area contributed by atoms with Crippen LogP contribution in [0.2, 0.25) is 0 Å².